The molecule has 0 N–H and O–H groups in total. The van der Waals surface area contributed by atoms with Crippen molar-refractivity contribution < 1.29 is 36.7 Å². The normalized spacial score (nSPS) is 6.67. The lowest BCUT2D eigenvalue weighted by molar-refractivity contribution is 0.468. The maximum absolute atomic E-state index is 12.3. The van der Waals surface area contributed by atoms with Gasteiger partial charge in [-0.3, -0.25) is 23.5 Å². The zero-order chi connectivity index (χ0) is 7.72. The van der Waals surface area contributed by atoms with Crippen LogP contribution in [0.25, 0.3) is 0 Å². The quantitative estimate of drug-likeness (QED) is 0.415. The molecular formula is C6H8F8S. The highest BCUT2D eigenvalue weighted by atomic mass is 32.1. The Hall–Kier alpha value is -0.990. The predicted octanol–water partition coefficient (Wildman–Crippen LogP) is 3.16. The van der Waals surface area contributed by atoms with Gasteiger partial charge in [0.05, 0.1) is 4.90 Å². The molecule has 0 fully saturated rings. The van der Waals surface area contributed by atoms with E-state index in [1.165, 1.54) is 0 Å². The third-order valence-corrected chi connectivity index (χ3v) is 1.43. The molecule has 0 amide bonds. The van der Waals surface area contributed by atoms with Crippen LogP contribution >= 0.6 is 12.6 Å². The molecule has 0 bridgehead atoms. The van der Waals surface area contributed by atoms with Gasteiger partial charge in [-0.2, -0.15) is 0 Å². The minimum absolute atomic E-state index is 0. The maximum atomic E-state index is 12.3. The monoisotopic (exact) mass is 264 g/mol. The highest BCUT2D eigenvalue weighted by Crippen LogP contribution is 2.18. The van der Waals surface area contributed by atoms with Crippen LogP contribution in [0, 0.1) is 17.5 Å². The van der Waals surface area contributed by atoms with Crippen molar-refractivity contribution in [3.63, 3.8) is 0 Å². The average molecular weight is 264 g/mol. The molecule has 0 aromatic heterocycles. The fourth-order valence-electron chi connectivity index (χ4n) is 0.516. The molecule has 0 heterocycles. The van der Waals surface area contributed by atoms with Crippen molar-refractivity contribution in [3.8, 4) is 0 Å². The van der Waals surface area contributed by atoms with Crippen molar-refractivity contribution >= 4 is 12.6 Å². The molecule has 0 nitrogen and oxygen atoms in total. The van der Waals surface area contributed by atoms with Crippen LogP contribution in [0.5, 0.6) is 0 Å². The van der Waals surface area contributed by atoms with E-state index >= 15 is 0 Å². The van der Waals surface area contributed by atoms with E-state index in [4.69, 9.17) is 0 Å². The van der Waals surface area contributed by atoms with Crippen LogP contribution in [0.15, 0.2) is 17.0 Å². The van der Waals surface area contributed by atoms with Gasteiger partial charge in [-0.1, -0.05) is 0 Å². The summed E-state index contributed by atoms with van der Waals surface area (Å²) in [6, 6.07) is 1.53. The van der Waals surface area contributed by atoms with E-state index in [1.54, 1.807) is 0 Å². The van der Waals surface area contributed by atoms with Gasteiger partial charge in [0.15, 0.2) is 11.6 Å². The second kappa shape index (κ2) is 11.1. The zero-order valence-corrected chi connectivity index (χ0v) is 7.67. The van der Waals surface area contributed by atoms with Gasteiger partial charge in [0, 0.05) is 0 Å². The number of hydrogen-bond donors (Lipinski definition) is 1. The Labute approximate surface area is 84.7 Å². The summed E-state index contributed by atoms with van der Waals surface area (Å²) < 4.78 is 36.7. The van der Waals surface area contributed by atoms with Gasteiger partial charge >= 0.3 is 0 Å². The molecule has 94 valence electrons. The molecule has 0 atom stereocenters. The van der Waals surface area contributed by atoms with Crippen LogP contribution < -0.4 is 0 Å². The molecule has 0 saturated heterocycles. The van der Waals surface area contributed by atoms with Crippen molar-refractivity contribution in [2.45, 2.75) is 4.90 Å². The summed E-state index contributed by atoms with van der Waals surface area (Å²) in [6.45, 7) is 0. The van der Waals surface area contributed by atoms with Crippen molar-refractivity contribution in [3.05, 3.63) is 29.6 Å². The third-order valence-electron chi connectivity index (χ3n) is 1.02. The van der Waals surface area contributed by atoms with Crippen molar-refractivity contribution in [2.75, 3.05) is 0 Å². The van der Waals surface area contributed by atoms with Crippen LogP contribution in [-0.2, 0) is 0 Å². The van der Waals surface area contributed by atoms with Crippen LogP contribution in [-0.4, -0.2) is 0 Å². The summed E-state index contributed by atoms with van der Waals surface area (Å²) in [5, 5.41) is 0. The smallest absolute Gasteiger partial charge is 0.175 e. The summed E-state index contributed by atoms with van der Waals surface area (Å²) in [5.74, 6) is -3.20. The second-order valence-corrected chi connectivity index (χ2v) is 2.14. The van der Waals surface area contributed by atoms with E-state index in [0.29, 0.717) is 6.07 Å². The van der Waals surface area contributed by atoms with E-state index in [9.17, 15) is 13.2 Å². The lowest BCUT2D eigenvalue weighted by Gasteiger charge is -1.96. The van der Waals surface area contributed by atoms with E-state index in [0.717, 1.165) is 6.07 Å². The number of thiol groups is 1. The summed E-state index contributed by atoms with van der Waals surface area (Å²) in [4.78, 5) is -0.583. The topological polar surface area (TPSA) is 0 Å². The first-order chi connectivity index (χ1) is 4.63. The Balaban J connectivity index is -0.0000000667. The Morgan fingerprint density at radius 1 is 0.733 bits per heavy atom. The first-order valence-electron chi connectivity index (χ1n) is 2.45. The summed E-state index contributed by atoms with van der Waals surface area (Å²) in [5.41, 5.74) is 0. The SMILES string of the molecule is F.F.F.F.F.Fc1ccc(F)c(S)c1F. The molecule has 9 heteroatoms. The van der Waals surface area contributed by atoms with Gasteiger partial charge in [-0.25, -0.2) is 13.2 Å². The second-order valence-electron chi connectivity index (χ2n) is 1.69. The minimum Gasteiger partial charge on any atom is -0.269 e. The fourth-order valence-corrected chi connectivity index (χ4v) is 0.698. The van der Waals surface area contributed by atoms with Gasteiger partial charge in [-0.15, -0.1) is 12.6 Å². The van der Waals surface area contributed by atoms with E-state index in [1.807, 2.05) is 0 Å². The van der Waals surface area contributed by atoms with E-state index in [2.05, 4.69) is 12.6 Å². The molecule has 1 rings (SSSR count). The first kappa shape index (κ1) is 29.2. The molecule has 1 aromatic carbocycles. The number of hydrogen-bond acceptors (Lipinski definition) is 1. The van der Waals surface area contributed by atoms with Gasteiger partial charge in [0.2, 0.25) is 0 Å². The summed E-state index contributed by atoms with van der Waals surface area (Å²) in [7, 11) is 0. The lowest BCUT2D eigenvalue weighted by Crippen LogP contribution is -1.88. The molecule has 0 aliphatic carbocycles. The van der Waals surface area contributed by atoms with Crippen LogP contribution in [0.3, 0.4) is 0 Å². The third kappa shape index (κ3) is 6.15. The van der Waals surface area contributed by atoms with Crippen molar-refractivity contribution in [1.82, 2.24) is 0 Å². The first-order valence-corrected chi connectivity index (χ1v) is 2.90. The van der Waals surface area contributed by atoms with Crippen molar-refractivity contribution in [2.24, 2.45) is 0 Å². The number of halogens is 8. The Morgan fingerprint density at radius 2 is 1.07 bits per heavy atom. The molecule has 0 spiro atoms. The van der Waals surface area contributed by atoms with Crippen LogP contribution in [0.4, 0.5) is 36.7 Å². The lowest BCUT2D eigenvalue weighted by atomic mass is 10.3. The van der Waals surface area contributed by atoms with Crippen LogP contribution in [0.2, 0.25) is 0 Å². The molecule has 0 aliphatic heterocycles. The maximum Gasteiger partial charge on any atom is 0.175 e. The van der Waals surface area contributed by atoms with E-state index in [-0.39, 0.29) is 23.5 Å². The summed E-state index contributed by atoms with van der Waals surface area (Å²) in [6.07, 6.45) is 0. The highest BCUT2D eigenvalue weighted by Gasteiger charge is 2.08. The Morgan fingerprint density at radius 3 is 1.40 bits per heavy atom. The molecule has 0 saturated carbocycles. The van der Waals surface area contributed by atoms with Crippen LogP contribution in [0.1, 0.15) is 0 Å². The van der Waals surface area contributed by atoms with Gasteiger partial charge < -0.3 is 0 Å². The molecule has 0 radical (unpaired) electrons. The molecular weight excluding hydrogens is 256 g/mol. The van der Waals surface area contributed by atoms with Gasteiger partial charge in [0.1, 0.15) is 5.82 Å². The number of rotatable bonds is 0. The fraction of sp³-hybridized carbons (Fsp3) is 0. The molecule has 0 unspecified atom stereocenters. The number of benzene rings is 1. The van der Waals surface area contributed by atoms with Gasteiger partial charge in [-0.05, 0) is 12.1 Å². The molecule has 15 heavy (non-hydrogen) atoms. The Bertz CT molecular complexity index is 239. The highest BCUT2D eigenvalue weighted by molar-refractivity contribution is 7.80. The van der Waals surface area contributed by atoms with E-state index < -0.39 is 22.3 Å². The molecule has 0 aliphatic rings. The van der Waals surface area contributed by atoms with Crippen molar-refractivity contribution in [1.29, 1.82) is 0 Å². The minimum atomic E-state index is -1.25. The zero-order valence-electron chi connectivity index (χ0n) is 6.78. The largest absolute Gasteiger partial charge is 0.269 e. The average Bonchev–Trinajstić information content (AvgIpc) is 1.93. The summed E-state index contributed by atoms with van der Waals surface area (Å²) >= 11 is 3.39. The predicted molar refractivity (Wildman–Crippen MR) is 46.1 cm³/mol. The van der Waals surface area contributed by atoms with Gasteiger partial charge in [0.25, 0.3) is 0 Å². The Kier molecular flexibility index (Phi) is 21.6. The standard InChI is InChI=1S/C6H3F3S.5FH/c7-3-1-2-4(8)6(10)5(3)9;;;;;/h1-2,10H;5*1H. The molecule has 1 aromatic rings.